The maximum absolute atomic E-state index is 5.32. The largest absolute Gasteiger partial charge is 0.490 e. The zero-order valence-electron chi connectivity index (χ0n) is 9.85. The van der Waals surface area contributed by atoms with Gasteiger partial charge in [-0.3, -0.25) is 0 Å². The van der Waals surface area contributed by atoms with Crippen LogP contribution >= 0.6 is 11.8 Å². The number of rotatable bonds is 4. The Bertz CT molecular complexity index is 513. The van der Waals surface area contributed by atoms with E-state index >= 15 is 0 Å². The maximum Gasteiger partial charge on any atom is 0.194 e. The lowest BCUT2D eigenvalue weighted by Crippen LogP contribution is -1.99. The van der Waals surface area contributed by atoms with Crippen molar-refractivity contribution in [3.05, 3.63) is 24.4 Å². The van der Waals surface area contributed by atoms with Crippen LogP contribution in [0.5, 0.6) is 5.75 Å². The molecule has 0 radical (unpaired) electrons. The molecule has 0 saturated heterocycles. The highest BCUT2D eigenvalue weighted by molar-refractivity contribution is 7.99. The summed E-state index contributed by atoms with van der Waals surface area (Å²) in [5, 5.41) is 3.73. The molecule has 0 fully saturated rings. The number of hydrogen-bond donors (Lipinski definition) is 1. The predicted octanol–water partition coefficient (Wildman–Crippen LogP) is 2.58. The standard InChI is InChI=1S/C11H13N3O2S/c1-7-8(4-5-16-7)17-11-9(15-3)10(12-2)13-6-14-11/h4-6H,1-3H3,(H,12,13,14). The second-order valence-electron chi connectivity index (χ2n) is 3.25. The van der Waals surface area contributed by atoms with E-state index in [0.29, 0.717) is 11.6 Å². The van der Waals surface area contributed by atoms with Crippen molar-refractivity contribution in [3.8, 4) is 5.75 Å². The van der Waals surface area contributed by atoms with Crippen LogP contribution in [0.15, 0.2) is 33.0 Å². The number of nitrogens with one attached hydrogen (secondary N) is 1. The van der Waals surface area contributed by atoms with Gasteiger partial charge in [-0.15, -0.1) is 0 Å². The number of aryl methyl sites for hydroxylation is 1. The molecule has 0 aromatic carbocycles. The van der Waals surface area contributed by atoms with Gasteiger partial charge in [-0.05, 0) is 13.0 Å². The van der Waals surface area contributed by atoms with Crippen molar-refractivity contribution in [2.45, 2.75) is 16.8 Å². The Labute approximate surface area is 104 Å². The van der Waals surface area contributed by atoms with Gasteiger partial charge < -0.3 is 14.5 Å². The van der Waals surface area contributed by atoms with Crippen LogP contribution in [0.2, 0.25) is 0 Å². The summed E-state index contributed by atoms with van der Waals surface area (Å²) in [6.07, 6.45) is 3.16. The van der Waals surface area contributed by atoms with Gasteiger partial charge in [0.2, 0.25) is 0 Å². The molecule has 0 aliphatic rings. The predicted molar refractivity (Wildman–Crippen MR) is 65.7 cm³/mol. The van der Waals surface area contributed by atoms with E-state index in [1.807, 2.05) is 13.0 Å². The molecule has 2 aromatic heterocycles. The molecule has 2 aromatic rings. The Morgan fingerprint density at radius 3 is 2.82 bits per heavy atom. The first-order valence-electron chi connectivity index (χ1n) is 5.05. The Balaban J connectivity index is 2.36. The molecule has 0 unspecified atom stereocenters. The number of nitrogens with zero attached hydrogens (tertiary/aromatic N) is 2. The van der Waals surface area contributed by atoms with Crippen molar-refractivity contribution >= 4 is 17.6 Å². The van der Waals surface area contributed by atoms with Gasteiger partial charge in [0.05, 0.1) is 18.3 Å². The van der Waals surface area contributed by atoms with E-state index in [-0.39, 0.29) is 0 Å². The lowest BCUT2D eigenvalue weighted by atomic mass is 10.5. The highest BCUT2D eigenvalue weighted by Gasteiger charge is 2.14. The lowest BCUT2D eigenvalue weighted by molar-refractivity contribution is 0.400. The third-order valence-electron chi connectivity index (χ3n) is 2.23. The highest BCUT2D eigenvalue weighted by atomic mass is 32.2. The number of hydrogen-bond acceptors (Lipinski definition) is 6. The summed E-state index contributed by atoms with van der Waals surface area (Å²) in [6, 6.07) is 1.90. The monoisotopic (exact) mass is 251 g/mol. The third-order valence-corrected chi connectivity index (χ3v) is 3.36. The van der Waals surface area contributed by atoms with Gasteiger partial charge in [0.15, 0.2) is 11.6 Å². The molecule has 0 amide bonds. The molecule has 0 aliphatic heterocycles. The second kappa shape index (κ2) is 5.09. The Morgan fingerprint density at radius 1 is 1.41 bits per heavy atom. The van der Waals surface area contributed by atoms with Crippen molar-refractivity contribution in [2.24, 2.45) is 0 Å². The van der Waals surface area contributed by atoms with Gasteiger partial charge in [0.25, 0.3) is 0 Å². The maximum atomic E-state index is 5.32. The van der Waals surface area contributed by atoms with Crippen LogP contribution in [0.25, 0.3) is 0 Å². The first-order chi connectivity index (χ1) is 8.26. The minimum atomic E-state index is 0.639. The lowest BCUT2D eigenvalue weighted by Gasteiger charge is -2.09. The zero-order valence-corrected chi connectivity index (χ0v) is 10.7. The Morgan fingerprint density at radius 2 is 2.24 bits per heavy atom. The molecule has 0 spiro atoms. The zero-order chi connectivity index (χ0) is 12.3. The van der Waals surface area contributed by atoms with Crippen LogP contribution < -0.4 is 10.1 Å². The molecule has 0 saturated carbocycles. The quantitative estimate of drug-likeness (QED) is 0.843. The van der Waals surface area contributed by atoms with Crippen molar-refractivity contribution < 1.29 is 9.15 Å². The normalized spacial score (nSPS) is 10.3. The van der Waals surface area contributed by atoms with Gasteiger partial charge in [-0.25, -0.2) is 9.97 Å². The van der Waals surface area contributed by atoms with E-state index in [0.717, 1.165) is 15.7 Å². The molecule has 0 aliphatic carbocycles. The third kappa shape index (κ3) is 2.36. The van der Waals surface area contributed by atoms with Crippen molar-refractivity contribution in [1.29, 1.82) is 0 Å². The highest BCUT2D eigenvalue weighted by Crippen LogP contribution is 2.37. The molecular weight excluding hydrogens is 238 g/mol. The van der Waals surface area contributed by atoms with Crippen LogP contribution in [0.1, 0.15) is 5.76 Å². The van der Waals surface area contributed by atoms with Gasteiger partial charge in [-0.1, -0.05) is 11.8 Å². The van der Waals surface area contributed by atoms with E-state index in [2.05, 4.69) is 15.3 Å². The molecular formula is C11H13N3O2S. The van der Waals surface area contributed by atoms with Crippen molar-refractivity contribution in [2.75, 3.05) is 19.5 Å². The fourth-order valence-electron chi connectivity index (χ4n) is 1.38. The van der Waals surface area contributed by atoms with E-state index in [1.54, 1.807) is 20.4 Å². The van der Waals surface area contributed by atoms with E-state index < -0.39 is 0 Å². The topological polar surface area (TPSA) is 60.2 Å². The minimum absolute atomic E-state index is 0.639. The summed E-state index contributed by atoms with van der Waals surface area (Å²) in [4.78, 5) is 9.33. The fourth-order valence-corrected chi connectivity index (χ4v) is 2.27. The van der Waals surface area contributed by atoms with Gasteiger partial charge in [-0.2, -0.15) is 0 Å². The summed E-state index contributed by atoms with van der Waals surface area (Å²) >= 11 is 1.49. The van der Waals surface area contributed by atoms with Crippen LogP contribution in [-0.2, 0) is 0 Å². The molecule has 2 rings (SSSR count). The Hall–Kier alpha value is -1.69. The van der Waals surface area contributed by atoms with E-state index in [1.165, 1.54) is 18.1 Å². The van der Waals surface area contributed by atoms with Crippen LogP contribution in [0.3, 0.4) is 0 Å². The summed E-state index contributed by atoms with van der Waals surface area (Å²) < 4.78 is 10.6. The second-order valence-corrected chi connectivity index (χ2v) is 4.28. The van der Waals surface area contributed by atoms with Crippen molar-refractivity contribution in [3.63, 3.8) is 0 Å². The van der Waals surface area contributed by atoms with Crippen LogP contribution in [0.4, 0.5) is 5.82 Å². The molecule has 1 N–H and O–H groups in total. The van der Waals surface area contributed by atoms with Gasteiger partial charge in [0.1, 0.15) is 17.1 Å². The molecule has 5 nitrogen and oxygen atoms in total. The van der Waals surface area contributed by atoms with Crippen molar-refractivity contribution in [1.82, 2.24) is 9.97 Å². The van der Waals surface area contributed by atoms with Gasteiger partial charge >= 0.3 is 0 Å². The number of furan rings is 1. The van der Waals surface area contributed by atoms with E-state index in [4.69, 9.17) is 9.15 Å². The first-order valence-corrected chi connectivity index (χ1v) is 5.86. The molecule has 90 valence electrons. The van der Waals surface area contributed by atoms with Gasteiger partial charge in [0, 0.05) is 7.05 Å². The Kier molecular flexibility index (Phi) is 3.53. The average molecular weight is 251 g/mol. The number of methoxy groups -OCH3 is 1. The molecule has 0 bridgehead atoms. The molecule has 17 heavy (non-hydrogen) atoms. The fraction of sp³-hybridized carbons (Fsp3) is 0.273. The SMILES string of the molecule is CNc1ncnc(Sc2ccoc2C)c1OC. The summed E-state index contributed by atoms with van der Waals surface area (Å²) in [6.45, 7) is 1.91. The smallest absolute Gasteiger partial charge is 0.194 e. The molecule has 0 atom stereocenters. The summed E-state index contributed by atoms with van der Waals surface area (Å²) in [7, 11) is 3.40. The minimum Gasteiger partial charge on any atom is -0.490 e. The molecule has 6 heteroatoms. The number of ether oxygens (including phenoxy) is 1. The van der Waals surface area contributed by atoms with Crippen LogP contribution in [0, 0.1) is 6.92 Å². The van der Waals surface area contributed by atoms with Crippen LogP contribution in [-0.4, -0.2) is 24.1 Å². The summed E-state index contributed by atoms with van der Waals surface area (Å²) in [5.74, 6) is 2.17. The number of anilines is 1. The summed E-state index contributed by atoms with van der Waals surface area (Å²) in [5.41, 5.74) is 0. The molecule has 2 heterocycles. The average Bonchev–Trinajstić information content (AvgIpc) is 2.74. The van der Waals surface area contributed by atoms with E-state index in [9.17, 15) is 0 Å². The number of aromatic nitrogens is 2. The first kappa shape index (κ1) is 11.8.